The first-order chi connectivity index (χ1) is 16.5. The quantitative estimate of drug-likeness (QED) is 0.350. The molecule has 1 heterocycles. The van der Waals surface area contributed by atoms with Crippen LogP contribution in [0.3, 0.4) is 0 Å². The molecule has 1 atom stereocenters. The van der Waals surface area contributed by atoms with E-state index < -0.39 is 0 Å². The Morgan fingerprint density at radius 1 is 1.12 bits per heavy atom. The molecule has 1 aliphatic rings. The van der Waals surface area contributed by atoms with Gasteiger partial charge in [-0.05, 0) is 55.7 Å². The minimum atomic E-state index is -0.289. The second kappa shape index (κ2) is 10.9. The average molecular weight is 498 g/mol. The van der Waals surface area contributed by atoms with Gasteiger partial charge >= 0.3 is 0 Å². The fourth-order valence-electron chi connectivity index (χ4n) is 3.37. The maximum Gasteiger partial charge on any atom is 0.239 e. The van der Waals surface area contributed by atoms with Gasteiger partial charge in [0.2, 0.25) is 11.8 Å². The van der Waals surface area contributed by atoms with Crippen molar-refractivity contribution in [3.8, 4) is 22.8 Å². The van der Waals surface area contributed by atoms with E-state index in [1.165, 1.54) is 23.1 Å². The van der Waals surface area contributed by atoms with E-state index in [0.717, 1.165) is 34.7 Å². The van der Waals surface area contributed by atoms with Gasteiger partial charge in [0.25, 0.3) is 0 Å². The predicted molar refractivity (Wildman–Crippen MR) is 137 cm³/mol. The van der Waals surface area contributed by atoms with Crippen LogP contribution in [0.25, 0.3) is 11.3 Å². The molecule has 1 fully saturated rings. The van der Waals surface area contributed by atoms with Gasteiger partial charge in [-0.15, -0.1) is 23.1 Å². The maximum absolute atomic E-state index is 13.0. The number of rotatable bonds is 10. The molecule has 1 aromatic heterocycles. The third-order valence-electron chi connectivity index (χ3n) is 5.40. The normalized spacial score (nSPS) is 13.7. The number of nitrogens with one attached hydrogen (secondary N) is 2. The number of aromatic nitrogens is 1. The van der Waals surface area contributed by atoms with Crippen LogP contribution in [0.15, 0.2) is 52.7 Å². The van der Waals surface area contributed by atoms with E-state index in [1.807, 2.05) is 54.8 Å². The van der Waals surface area contributed by atoms with E-state index in [9.17, 15) is 9.59 Å². The molecule has 4 rings (SSSR count). The van der Waals surface area contributed by atoms with Gasteiger partial charge in [-0.3, -0.25) is 9.59 Å². The topological polar surface area (TPSA) is 89.6 Å². The number of carbonyl (C=O) groups excluding carboxylic acids is 2. The van der Waals surface area contributed by atoms with Crippen molar-refractivity contribution in [2.24, 2.45) is 5.92 Å². The molecule has 0 radical (unpaired) electrons. The van der Waals surface area contributed by atoms with Gasteiger partial charge in [-0.1, -0.05) is 13.0 Å². The maximum atomic E-state index is 13.0. The smallest absolute Gasteiger partial charge is 0.239 e. The van der Waals surface area contributed by atoms with Crippen LogP contribution >= 0.6 is 23.1 Å². The standard InChI is InChI=1S/C25H27N3O4S2/c1-4-22(34-18-7-5-6-17(13-18)26-23(29)15-8-9-15)24(30)28-25-27-19(14-33-25)16-10-11-20(31-2)21(12-16)32-3/h5-7,10-15,22H,4,8-9H2,1-3H3,(H,26,29)(H,27,28,30). The minimum absolute atomic E-state index is 0.0704. The van der Waals surface area contributed by atoms with Crippen LogP contribution in [0.4, 0.5) is 10.8 Å². The molecule has 2 aromatic carbocycles. The molecular weight excluding hydrogens is 470 g/mol. The molecule has 2 amide bonds. The summed E-state index contributed by atoms with van der Waals surface area (Å²) in [5.41, 5.74) is 2.39. The lowest BCUT2D eigenvalue weighted by molar-refractivity contribution is -0.117. The lowest BCUT2D eigenvalue weighted by Gasteiger charge is -2.14. The second-order valence-corrected chi connectivity index (χ2v) is 10.0. The summed E-state index contributed by atoms with van der Waals surface area (Å²) in [5.74, 6) is 1.38. The van der Waals surface area contributed by atoms with E-state index in [4.69, 9.17) is 9.47 Å². The van der Waals surface area contributed by atoms with Crippen molar-refractivity contribution >= 4 is 45.7 Å². The summed E-state index contributed by atoms with van der Waals surface area (Å²) in [6, 6.07) is 13.2. The summed E-state index contributed by atoms with van der Waals surface area (Å²) in [6.45, 7) is 1.98. The number of amides is 2. The van der Waals surface area contributed by atoms with Crippen molar-refractivity contribution in [2.45, 2.75) is 36.3 Å². The molecule has 0 saturated heterocycles. The number of anilines is 2. The first-order valence-corrected chi connectivity index (χ1v) is 12.8. The van der Waals surface area contributed by atoms with Gasteiger partial charge in [0, 0.05) is 27.4 Å². The Hall–Kier alpha value is -3.04. The Labute approximate surface area is 207 Å². The van der Waals surface area contributed by atoms with Crippen LogP contribution in [-0.4, -0.2) is 36.3 Å². The van der Waals surface area contributed by atoms with Crippen molar-refractivity contribution < 1.29 is 19.1 Å². The van der Waals surface area contributed by atoms with Crippen molar-refractivity contribution in [3.05, 3.63) is 47.8 Å². The zero-order chi connectivity index (χ0) is 24.1. The number of ether oxygens (including phenoxy) is 2. The lowest BCUT2D eigenvalue weighted by atomic mass is 10.1. The monoisotopic (exact) mass is 497 g/mol. The minimum Gasteiger partial charge on any atom is -0.493 e. The summed E-state index contributed by atoms with van der Waals surface area (Å²) in [7, 11) is 3.18. The van der Waals surface area contributed by atoms with Crippen molar-refractivity contribution in [1.82, 2.24) is 4.98 Å². The van der Waals surface area contributed by atoms with Crippen LogP contribution in [0.5, 0.6) is 11.5 Å². The molecule has 34 heavy (non-hydrogen) atoms. The summed E-state index contributed by atoms with van der Waals surface area (Å²) in [5, 5.41) is 8.06. The number of carbonyl (C=O) groups is 2. The highest BCUT2D eigenvalue weighted by atomic mass is 32.2. The highest BCUT2D eigenvalue weighted by Crippen LogP contribution is 2.35. The van der Waals surface area contributed by atoms with Gasteiger partial charge < -0.3 is 20.1 Å². The van der Waals surface area contributed by atoms with Crippen molar-refractivity contribution in [1.29, 1.82) is 0 Å². The third-order valence-corrected chi connectivity index (χ3v) is 7.52. The molecule has 0 aliphatic heterocycles. The highest BCUT2D eigenvalue weighted by molar-refractivity contribution is 8.00. The summed E-state index contributed by atoms with van der Waals surface area (Å²) < 4.78 is 10.7. The SMILES string of the molecule is CCC(Sc1cccc(NC(=O)C2CC2)c1)C(=O)Nc1nc(-c2ccc(OC)c(OC)c2)cs1. The van der Waals surface area contributed by atoms with Crippen LogP contribution in [0.2, 0.25) is 0 Å². The molecule has 2 N–H and O–H groups in total. The molecule has 9 heteroatoms. The number of nitrogens with zero attached hydrogens (tertiary/aromatic N) is 1. The number of thioether (sulfide) groups is 1. The second-order valence-electron chi connectivity index (χ2n) is 7.90. The number of methoxy groups -OCH3 is 2. The van der Waals surface area contributed by atoms with Gasteiger partial charge in [0.15, 0.2) is 16.6 Å². The fraction of sp³-hybridized carbons (Fsp3) is 0.320. The summed E-state index contributed by atoms with van der Waals surface area (Å²) in [6.07, 6.45) is 2.58. The molecule has 0 bridgehead atoms. The molecule has 1 aliphatic carbocycles. The largest absolute Gasteiger partial charge is 0.493 e. The van der Waals surface area contributed by atoms with Gasteiger partial charge in [0.05, 0.1) is 25.2 Å². The Bertz CT molecular complexity index is 1180. The molecular formula is C25H27N3O4S2. The number of hydrogen-bond donors (Lipinski definition) is 2. The van der Waals surface area contributed by atoms with Gasteiger partial charge in [-0.25, -0.2) is 4.98 Å². The average Bonchev–Trinajstić information content (AvgIpc) is 3.61. The van der Waals surface area contributed by atoms with Crippen LogP contribution in [-0.2, 0) is 9.59 Å². The number of benzene rings is 2. The van der Waals surface area contributed by atoms with E-state index in [-0.39, 0.29) is 23.0 Å². The van der Waals surface area contributed by atoms with E-state index in [2.05, 4.69) is 15.6 Å². The zero-order valence-corrected chi connectivity index (χ0v) is 20.9. The van der Waals surface area contributed by atoms with Gasteiger partial charge in [0.1, 0.15) is 0 Å². The number of thiazole rings is 1. The summed E-state index contributed by atoms with van der Waals surface area (Å²) in [4.78, 5) is 30.5. The Kier molecular flexibility index (Phi) is 7.74. The zero-order valence-electron chi connectivity index (χ0n) is 19.3. The molecule has 0 spiro atoms. The van der Waals surface area contributed by atoms with E-state index in [1.54, 1.807) is 14.2 Å². The van der Waals surface area contributed by atoms with Crippen LogP contribution in [0, 0.1) is 5.92 Å². The highest BCUT2D eigenvalue weighted by Gasteiger charge is 2.29. The fourth-order valence-corrected chi connectivity index (χ4v) is 5.10. The van der Waals surface area contributed by atoms with Crippen molar-refractivity contribution in [2.75, 3.05) is 24.9 Å². The Balaban J connectivity index is 1.40. The number of hydrogen-bond acceptors (Lipinski definition) is 7. The Morgan fingerprint density at radius 3 is 2.62 bits per heavy atom. The predicted octanol–water partition coefficient (Wildman–Crippen LogP) is 5.69. The molecule has 1 saturated carbocycles. The third kappa shape index (κ3) is 5.90. The first kappa shape index (κ1) is 24.1. The van der Waals surface area contributed by atoms with E-state index >= 15 is 0 Å². The first-order valence-electron chi connectivity index (χ1n) is 11.1. The van der Waals surface area contributed by atoms with Crippen molar-refractivity contribution in [3.63, 3.8) is 0 Å². The van der Waals surface area contributed by atoms with Crippen LogP contribution < -0.4 is 20.1 Å². The molecule has 7 nitrogen and oxygen atoms in total. The lowest BCUT2D eigenvalue weighted by Crippen LogP contribution is -2.24. The molecule has 178 valence electrons. The van der Waals surface area contributed by atoms with Gasteiger partial charge in [-0.2, -0.15) is 0 Å². The summed E-state index contributed by atoms with van der Waals surface area (Å²) >= 11 is 2.85. The molecule has 3 aromatic rings. The Morgan fingerprint density at radius 2 is 1.91 bits per heavy atom. The van der Waals surface area contributed by atoms with E-state index in [0.29, 0.717) is 23.1 Å². The van der Waals surface area contributed by atoms with Crippen LogP contribution in [0.1, 0.15) is 26.2 Å². The molecule has 1 unspecified atom stereocenters.